The number of aliphatic hydroxyl groups excluding tert-OH is 1. The van der Waals surface area contributed by atoms with Gasteiger partial charge >= 0.3 is 0 Å². The number of aryl methyl sites for hydroxylation is 1. The Bertz CT molecular complexity index is 489. The largest absolute Gasteiger partial charge is 0.493 e. The fourth-order valence-corrected chi connectivity index (χ4v) is 3.52. The fourth-order valence-electron chi connectivity index (χ4n) is 3.52. The molecule has 1 N–H and O–H groups in total. The first-order chi connectivity index (χ1) is 9.72. The number of hydrogen-bond acceptors (Lipinski definition) is 4. The predicted octanol–water partition coefficient (Wildman–Crippen LogP) is 2.15. The van der Waals surface area contributed by atoms with Gasteiger partial charge < -0.3 is 14.6 Å². The van der Waals surface area contributed by atoms with E-state index in [0.29, 0.717) is 6.04 Å². The van der Waals surface area contributed by atoms with Crippen LogP contribution in [0.25, 0.3) is 0 Å². The van der Waals surface area contributed by atoms with Crippen molar-refractivity contribution in [2.24, 2.45) is 0 Å². The molecule has 0 saturated carbocycles. The van der Waals surface area contributed by atoms with E-state index in [0.717, 1.165) is 50.3 Å². The van der Waals surface area contributed by atoms with Crippen molar-refractivity contribution in [3.05, 3.63) is 23.3 Å². The van der Waals surface area contributed by atoms with Crippen molar-refractivity contribution < 1.29 is 14.6 Å². The van der Waals surface area contributed by atoms with Gasteiger partial charge in [-0.05, 0) is 55.5 Å². The Labute approximate surface area is 120 Å². The first-order valence-corrected chi connectivity index (χ1v) is 7.40. The van der Waals surface area contributed by atoms with Gasteiger partial charge in [-0.3, -0.25) is 4.90 Å². The summed E-state index contributed by atoms with van der Waals surface area (Å²) in [6.07, 6.45) is 3.76. The zero-order valence-electron chi connectivity index (χ0n) is 12.3. The van der Waals surface area contributed by atoms with E-state index in [4.69, 9.17) is 9.47 Å². The second kappa shape index (κ2) is 5.62. The zero-order chi connectivity index (χ0) is 14.1. The van der Waals surface area contributed by atoms with Gasteiger partial charge in [0.25, 0.3) is 0 Å². The smallest absolute Gasteiger partial charge is 0.161 e. The van der Waals surface area contributed by atoms with Crippen molar-refractivity contribution in [3.63, 3.8) is 0 Å². The number of aliphatic hydroxyl groups is 1. The first-order valence-electron chi connectivity index (χ1n) is 7.40. The summed E-state index contributed by atoms with van der Waals surface area (Å²) in [7, 11) is 3.35. The standard InChI is InChI=1S/C16H23NO3/c1-19-15-8-11-4-3-6-17-7-5-12(18)9-14(17)13(11)10-16(15)20-2/h8,10,12,14,18H,3-7,9H2,1-2H3/t12-,14?/m0/s1. The molecule has 1 aromatic carbocycles. The van der Waals surface area contributed by atoms with Gasteiger partial charge in [0.1, 0.15) is 0 Å². The van der Waals surface area contributed by atoms with Crippen LogP contribution in [0.3, 0.4) is 0 Å². The van der Waals surface area contributed by atoms with Crippen LogP contribution in [0.2, 0.25) is 0 Å². The topological polar surface area (TPSA) is 41.9 Å². The van der Waals surface area contributed by atoms with Gasteiger partial charge in [0.15, 0.2) is 11.5 Å². The van der Waals surface area contributed by atoms with Crippen LogP contribution in [0.15, 0.2) is 12.1 Å². The maximum absolute atomic E-state index is 10.0. The average Bonchev–Trinajstić information content (AvgIpc) is 2.64. The number of benzene rings is 1. The Kier molecular flexibility index (Phi) is 3.85. The molecule has 4 nitrogen and oxygen atoms in total. The van der Waals surface area contributed by atoms with Gasteiger partial charge in [0, 0.05) is 12.6 Å². The first kappa shape index (κ1) is 13.7. The van der Waals surface area contributed by atoms with E-state index < -0.39 is 0 Å². The van der Waals surface area contributed by atoms with Crippen molar-refractivity contribution >= 4 is 0 Å². The van der Waals surface area contributed by atoms with Crippen molar-refractivity contribution in [1.82, 2.24) is 4.90 Å². The van der Waals surface area contributed by atoms with E-state index in [2.05, 4.69) is 17.0 Å². The van der Waals surface area contributed by atoms with Crippen molar-refractivity contribution in [2.75, 3.05) is 27.3 Å². The van der Waals surface area contributed by atoms with E-state index in [1.54, 1.807) is 14.2 Å². The third kappa shape index (κ3) is 2.38. The van der Waals surface area contributed by atoms with Gasteiger partial charge in [-0.2, -0.15) is 0 Å². The Morgan fingerprint density at radius 1 is 1.15 bits per heavy atom. The molecule has 2 aliphatic rings. The molecule has 20 heavy (non-hydrogen) atoms. The minimum absolute atomic E-state index is 0.185. The number of piperidine rings is 1. The summed E-state index contributed by atoms with van der Waals surface area (Å²) in [4.78, 5) is 2.50. The highest BCUT2D eigenvalue weighted by Gasteiger charge is 2.32. The quantitative estimate of drug-likeness (QED) is 0.899. The Hall–Kier alpha value is -1.26. The van der Waals surface area contributed by atoms with E-state index in [-0.39, 0.29) is 6.10 Å². The lowest BCUT2D eigenvalue weighted by Crippen LogP contribution is -2.38. The molecule has 110 valence electrons. The molecule has 1 fully saturated rings. The third-order valence-electron chi connectivity index (χ3n) is 4.58. The fraction of sp³-hybridized carbons (Fsp3) is 0.625. The van der Waals surface area contributed by atoms with Gasteiger partial charge in [-0.15, -0.1) is 0 Å². The van der Waals surface area contributed by atoms with Crippen molar-refractivity contribution in [1.29, 1.82) is 0 Å². The molecule has 3 rings (SSSR count). The lowest BCUT2D eigenvalue weighted by atomic mass is 9.90. The van der Waals surface area contributed by atoms with Crippen LogP contribution < -0.4 is 9.47 Å². The summed E-state index contributed by atoms with van der Waals surface area (Å²) < 4.78 is 10.9. The van der Waals surface area contributed by atoms with E-state index in [1.807, 2.05) is 0 Å². The van der Waals surface area contributed by atoms with Gasteiger partial charge in [0.2, 0.25) is 0 Å². The van der Waals surface area contributed by atoms with E-state index >= 15 is 0 Å². The average molecular weight is 277 g/mol. The van der Waals surface area contributed by atoms with Crippen LogP contribution in [0, 0.1) is 0 Å². The van der Waals surface area contributed by atoms with Gasteiger partial charge in [0.05, 0.1) is 20.3 Å². The number of ether oxygens (including phenoxy) is 2. The van der Waals surface area contributed by atoms with Crippen LogP contribution in [0.4, 0.5) is 0 Å². The molecular formula is C16H23NO3. The molecule has 0 spiro atoms. The number of fused-ring (bicyclic) bond motifs is 3. The van der Waals surface area contributed by atoms with E-state index in [1.165, 1.54) is 11.1 Å². The predicted molar refractivity (Wildman–Crippen MR) is 77.4 cm³/mol. The summed E-state index contributed by atoms with van der Waals surface area (Å²) in [5.74, 6) is 1.59. The highest BCUT2D eigenvalue weighted by molar-refractivity contribution is 5.49. The minimum Gasteiger partial charge on any atom is -0.493 e. The van der Waals surface area contributed by atoms with Crippen LogP contribution in [0.5, 0.6) is 11.5 Å². The van der Waals surface area contributed by atoms with Crippen LogP contribution >= 0.6 is 0 Å². The molecule has 2 heterocycles. The van der Waals surface area contributed by atoms with Gasteiger partial charge in [-0.25, -0.2) is 0 Å². The number of rotatable bonds is 2. The summed E-state index contributed by atoms with van der Waals surface area (Å²) in [6.45, 7) is 2.09. The second-order valence-electron chi connectivity index (χ2n) is 5.74. The molecule has 0 bridgehead atoms. The second-order valence-corrected chi connectivity index (χ2v) is 5.74. The van der Waals surface area contributed by atoms with Crippen LogP contribution in [-0.2, 0) is 6.42 Å². The Morgan fingerprint density at radius 2 is 1.90 bits per heavy atom. The molecule has 1 unspecified atom stereocenters. The number of methoxy groups -OCH3 is 2. The third-order valence-corrected chi connectivity index (χ3v) is 4.58. The molecule has 2 aliphatic heterocycles. The minimum atomic E-state index is -0.185. The monoisotopic (exact) mass is 277 g/mol. The maximum atomic E-state index is 10.0. The molecule has 4 heteroatoms. The maximum Gasteiger partial charge on any atom is 0.161 e. The molecule has 0 radical (unpaired) electrons. The van der Waals surface area contributed by atoms with Crippen LogP contribution in [-0.4, -0.2) is 43.4 Å². The Balaban J connectivity index is 2.03. The molecule has 0 amide bonds. The molecule has 1 saturated heterocycles. The number of nitrogens with zero attached hydrogens (tertiary/aromatic N) is 1. The molecule has 1 aromatic rings. The molecular weight excluding hydrogens is 254 g/mol. The normalized spacial score (nSPS) is 26.4. The SMILES string of the molecule is COc1cc2c(cc1OC)C1C[C@@H](O)CCN1CCC2. The molecule has 0 aliphatic carbocycles. The zero-order valence-corrected chi connectivity index (χ0v) is 12.3. The highest BCUT2D eigenvalue weighted by atomic mass is 16.5. The van der Waals surface area contributed by atoms with Crippen molar-refractivity contribution in [3.8, 4) is 11.5 Å². The number of hydrogen-bond donors (Lipinski definition) is 1. The summed E-state index contributed by atoms with van der Waals surface area (Å²) >= 11 is 0. The molecule has 2 atom stereocenters. The summed E-state index contributed by atoms with van der Waals surface area (Å²) in [5, 5.41) is 10.0. The lowest BCUT2D eigenvalue weighted by molar-refractivity contribution is 0.0424. The Morgan fingerprint density at radius 3 is 2.65 bits per heavy atom. The lowest BCUT2D eigenvalue weighted by Gasteiger charge is -2.37. The summed E-state index contributed by atoms with van der Waals surface area (Å²) in [5.41, 5.74) is 2.64. The van der Waals surface area contributed by atoms with Crippen LogP contribution in [0.1, 0.15) is 36.4 Å². The summed E-state index contributed by atoms with van der Waals surface area (Å²) in [6, 6.07) is 4.53. The highest BCUT2D eigenvalue weighted by Crippen LogP contribution is 2.40. The van der Waals surface area contributed by atoms with Gasteiger partial charge in [-0.1, -0.05) is 0 Å². The van der Waals surface area contributed by atoms with E-state index in [9.17, 15) is 5.11 Å². The molecule has 0 aromatic heterocycles. The van der Waals surface area contributed by atoms with Crippen molar-refractivity contribution in [2.45, 2.75) is 37.8 Å².